The Hall–Kier alpha value is -1.78. The molecule has 0 heterocycles. The van der Waals surface area contributed by atoms with Gasteiger partial charge in [0.15, 0.2) is 0 Å². The summed E-state index contributed by atoms with van der Waals surface area (Å²) >= 11 is 11.6. The summed E-state index contributed by atoms with van der Waals surface area (Å²) in [5.74, 6) is -1.55. The third-order valence-electron chi connectivity index (χ3n) is 2.30. The molecule has 0 aliphatic heterocycles. The minimum atomic E-state index is -1.22. The Morgan fingerprint density at radius 1 is 1.11 bits per heavy atom. The zero-order valence-corrected chi connectivity index (χ0v) is 10.9. The molecule has 2 aromatic rings. The van der Waals surface area contributed by atoms with Crippen molar-refractivity contribution in [1.82, 2.24) is 0 Å². The Labute approximate surface area is 118 Å². The SMILES string of the molecule is O=C(O)c1c(Cl)cccc1Oc1ccc(F)cc1Cl. The van der Waals surface area contributed by atoms with Crippen LogP contribution in [0.1, 0.15) is 10.4 Å². The molecule has 1 N–H and O–H groups in total. The first-order valence-corrected chi connectivity index (χ1v) is 5.89. The van der Waals surface area contributed by atoms with Crippen LogP contribution in [0.3, 0.4) is 0 Å². The molecular weight excluding hydrogens is 294 g/mol. The monoisotopic (exact) mass is 300 g/mol. The van der Waals surface area contributed by atoms with Crippen LogP contribution in [0.2, 0.25) is 10.0 Å². The number of aromatic carboxylic acids is 1. The van der Waals surface area contributed by atoms with Crippen LogP contribution in [-0.4, -0.2) is 11.1 Å². The quantitative estimate of drug-likeness (QED) is 0.899. The lowest BCUT2D eigenvalue weighted by Gasteiger charge is -2.11. The topological polar surface area (TPSA) is 46.5 Å². The molecule has 19 heavy (non-hydrogen) atoms. The van der Waals surface area contributed by atoms with Crippen LogP contribution in [-0.2, 0) is 0 Å². The van der Waals surface area contributed by atoms with Crippen LogP contribution >= 0.6 is 23.2 Å². The second-order valence-corrected chi connectivity index (χ2v) is 4.41. The van der Waals surface area contributed by atoms with Crippen molar-refractivity contribution < 1.29 is 19.0 Å². The van der Waals surface area contributed by atoms with Gasteiger partial charge in [-0.15, -0.1) is 0 Å². The van der Waals surface area contributed by atoms with E-state index in [4.69, 9.17) is 33.0 Å². The number of ether oxygens (including phenoxy) is 1. The molecule has 98 valence electrons. The van der Waals surface area contributed by atoms with Crippen LogP contribution in [0.4, 0.5) is 4.39 Å². The third-order valence-corrected chi connectivity index (χ3v) is 2.91. The highest BCUT2D eigenvalue weighted by Gasteiger charge is 2.17. The van der Waals surface area contributed by atoms with E-state index in [1.165, 1.54) is 18.2 Å². The molecule has 2 aromatic carbocycles. The van der Waals surface area contributed by atoms with Crippen LogP contribution in [0.15, 0.2) is 36.4 Å². The van der Waals surface area contributed by atoms with E-state index in [0.29, 0.717) is 0 Å². The van der Waals surface area contributed by atoms with Gasteiger partial charge < -0.3 is 9.84 Å². The fraction of sp³-hybridized carbons (Fsp3) is 0. The van der Waals surface area contributed by atoms with E-state index in [0.717, 1.165) is 12.1 Å². The zero-order valence-electron chi connectivity index (χ0n) is 9.36. The molecule has 3 nitrogen and oxygen atoms in total. The van der Waals surface area contributed by atoms with E-state index in [1.807, 2.05) is 0 Å². The Balaban J connectivity index is 2.44. The molecular formula is C13H7Cl2FO3. The Bertz CT molecular complexity index is 644. The number of carboxylic acids is 1. The fourth-order valence-electron chi connectivity index (χ4n) is 1.47. The molecule has 0 radical (unpaired) electrons. The normalized spacial score (nSPS) is 10.3. The molecule has 6 heteroatoms. The number of carbonyl (C=O) groups is 1. The molecule has 0 aliphatic carbocycles. The molecule has 0 saturated carbocycles. The van der Waals surface area contributed by atoms with Gasteiger partial charge in [0.25, 0.3) is 0 Å². The highest BCUT2D eigenvalue weighted by atomic mass is 35.5. The van der Waals surface area contributed by atoms with Crippen LogP contribution in [0.5, 0.6) is 11.5 Å². The molecule has 0 aliphatic rings. The first kappa shape index (κ1) is 13.6. The first-order valence-electron chi connectivity index (χ1n) is 5.13. The van der Waals surface area contributed by atoms with E-state index in [-0.39, 0.29) is 27.1 Å². The second-order valence-electron chi connectivity index (χ2n) is 3.59. The van der Waals surface area contributed by atoms with Crippen molar-refractivity contribution in [3.8, 4) is 11.5 Å². The van der Waals surface area contributed by atoms with Crippen LogP contribution < -0.4 is 4.74 Å². The van der Waals surface area contributed by atoms with Crippen molar-refractivity contribution >= 4 is 29.2 Å². The van der Waals surface area contributed by atoms with Gasteiger partial charge >= 0.3 is 5.97 Å². The van der Waals surface area contributed by atoms with Gasteiger partial charge in [-0.1, -0.05) is 29.3 Å². The fourth-order valence-corrected chi connectivity index (χ4v) is 1.93. The molecule has 0 spiro atoms. The Kier molecular flexibility index (Phi) is 3.93. The average molecular weight is 301 g/mol. The van der Waals surface area contributed by atoms with Gasteiger partial charge in [0.05, 0.1) is 10.0 Å². The molecule has 0 aromatic heterocycles. The third kappa shape index (κ3) is 2.97. The summed E-state index contributed by atoms with van der Waals surface area (Å²) in [5.41, 5.74) is -0.176. The molecule has 0 atom stereocenters. The maximum absolute atomic E-state index is 12.9. The van der Waals surface area contributed by atoms with Crippen molar-refractivity contribution in [3.05, 3.63) is 57.8 Å². The van der Waals surface area contributed by atoms with Gasteiger partial charge in [0, 0.05) is 0 Å². The van der Waals surface area contributed by atoms with Crippen molar-refractivity contribution in [2.24, 2.45) is 0 Å². The van der Waals surface area contributed by atoms with Gasteiger partial charge in [-0.2, -0.15) is 0 Å². The van der Waals surface area contributed by atoms with Crippen LogP contribution in [0, 0.1) is 5.82 Å². The summed E-state index contributed by atoms with van der Waals surface area (Å²) in [7, 11) is 0. The minimum Gasteiger partial charge on any atom is -0.478 e. The summed E-state index contributed by atoms with van der Waals surface area (Å²) in [6.07, 6.45) is 0. The lowest BCUT2D eigenvalue weighted by atomic mass is 10.2. The lowest BCUT2D eigenvalue weighted by molar-refractivity contribution is 0.0694. The minimum absolute atomic E-state index is 0.0357. The number of carboxylic acid groups (broad SMARTS) is 1. The number of hydrogen-bond acceptors (Lipinski definition) is 2. The largest absolute Gasteiger partial charge is 0.478 e. The summed E-state index contributed by atoms with van der Waals surface area (Å²) in [5, 5.41) is 9.16. The maximum Gasteiger partial charge on any atom is 0.341 e. The van der Waals surface area contributed by atoms with Crippen molar-refractivity contribution in [3.63, 3.8) is 0 Å². The maximum atomic E-state index is 12.9. The number of rotatable bonds is 3. The van der Waals surface area contributed by atoms with Gasteiger partial charge in [-0.05, 0) is 30.3 Å². The van der Waals surface area contributed by atoms with Crippen molar-refractivity contribution in [2.45, 2.75) is 0 Å². The average Bonchev–Trinajstić information content (AvgIpc) is 2.32. The molecule has 0 bridgehead atoms. The van der Waals surface area contributed by atoms with E-state index in [1.54, 1.807) is 6.07 Å². The van der Waals surface area contributed by atoms with E-state index >= 15 is 0 Å². The van der Waals surface area contributed by atoms with E-state index in [9.17, 15) is 9.18 Å². The highest BCUT2D eigenvalue weighted by molar-refractivity contribution is 6.34. The van der Waals surface area contributed by atoms with E-state index in [2.05, 4.69) is 0 Å². The Morgan fingerprint density at radius 2 is 1.84 bits per heavy atom. The lowest BCUT2D eigenvalue weighted by Crippen LogP contribution is -2.01. The van der Waals surface area contributed by atoms with E-state index < -0.39 is 11.8 Å². The summed E-state index contributed by atoms with van der Waals surface area (Å²) in [4.78, 5) is 11.1. The number of benzene rings is 2. The molecule has 0 saturated heterocycles. The molecule has 2 rings (SSSR count). The molecule has 0 amide bonds. The number of hydrogen-bond donors (Lipinski definition) is 1. The molecule has 0 unspecified atom stereocenters. The standard InChI is InChI=1S/C13H7Cl2FO3/c14-8-2-1-3-11(12(8)13(17)18)19-10-5-4-7(16)6-9(10)15/h1-6H,(H,17,18). The van der Waals surface area contributed by atoms with Gasteiger partial charge in [0.1, 0.15) is 22.9 Å². The highest BCUT2D eigenvalue weighted by Crippen LogP contribution is 2.34. The molecule has 0 fully saturated rings. The van der Waals surface area contributed by atoms with Crippen LogP contribution in [0.25, 0.3) is 0 Å². The summed E-state index contributed by atoms with van der Waals surface area (Å²) < 4.78 is 18.3. The number of halogens is 3. The second kappa shape index (κ2) is 5.47. The predicted molar refractivity (Wildman–Crippen MR) is 69.9 cm³/mol. The Morgan fingerprint density at radius 3 is 2.47 bits per heavy atom. The van der Waals surface area contributed by atoms with Crippen molar-refractivity contribution in [2.75, 3.05) is 0 Å². The smallest absolute Gasteiger partial charge is 0.341 e. The predicted octanol–water partition coefficient (Wildman–Crippen LogP) is 4.62. The summed E-state index contributed by atoms with van der Waals surface area (Å²) in [6, 6.07) is 7.96. The van der Waals surface area contributed by atoms with Gasteiger partial charge in [0.2, 0.25) is 0 Å². The van der Waals surface area contributed by atoms with Gasteiger partial charge in [-0.25, -0.2) is 9.18 Å². The zero-order chi connectivity index (χ0) is 14.0. The van der Waals surface area contributed by atoms with Crippen molar-refractivity contribution in [1.29, 1.82) is 0 Å². The van der Waals surface area contributed by atoms with Gasteiger partial charge in [-0.3, -0.25) is 0 Å². The first-order chi connectivity index (χ1) is 8.99. The summed E-state index contributed by atoms with van der Waals surface area (Å²) in [6.45, 7) is 0.